The Morgan fingerprint density at radius 2 is 2.18 bits per heavy atom. The highest BCUT2D eigenvalue weighted by molar-refractivity contribution is 6.33. The number of morpholine rings is 1. The molecule has 4 heteroatoms. The van der Waals surface area contributed by atoms with E-state index < -0.39 is 0 Å². The summed E-state index contributed by atoms with van der Waals surface area (Å²) in [5, 5.41) is 0.779. The number of benzene rings is 1. The van der Waals surface area contributed by atoms with Gasteiger partial charge >= 0.3 is 0 Å². The highest BCUT2D eigenvalue weighted by Crippen LogP contribution is 2.30. The highest BCUT2D eigenvalue weighted by atomic mass is 35.5. The van der Waals surface area contributed by atoms with Crippen molar-refractivity contribution in [2.24, 2.45) is 5.73 Å². The molecule has 94 valence electrons. The Balaban J connectivity index is 2.24. The molecule has 0 aromatic heterocycles. The van der Waals surface area contributed by atoms with Crippen molar-refractivity contribution < 1.29 is 4.74 Å². The molecule has 2 rings (SSSR count). The number of ether oxygens (including phenoxy) is 1. The second-order valence-corrected chi connectivity index (χ2v) is 5.47. The first kappa shape index (κ1) is 12.7. The van der Waals surface area contributed by atoms with Crippen molar-refractivity contribution in [1.29, 1.82) is 0 Å². The fourth-order valence-corrected chi connectivity index (χ4v) is 2.57. The number of hydrogen-bond donors (Lipinski definition) is 1. The molecule has 0 bridgehead atoms. The maximum Gasteiger partial charge on any atom is 0.0879 e. The molecule has 0 radical (unpaired) electrons. The monoisotopic (exact) mass is 254 g/mol. The Morgan fingerprint density at radius 3 is 2.82 bits per heavy atom. The fourth-order valence-electron chi connectivity index (χ4n) is 2.31. The van der Waals surface area contributed by atoms with E-state index in [9.17, 15) is 0 Å². The van der Waals surface area contributed by atoms with E-state index in [1.165, 1.54) is 0 Å². The van der Waals surface area contributed by atoms with Crippen molar-refractivity contribution >= 4 is 17.3 Å². The highest BCUT2D eigenvalue weighted by Gasteiger charge is 2.33. The lowest BCUT2D eigenvalue weighted by atomic mass is 10.0. The van der Waals surface area contributed by atoms with E-state index in [1.807, 2.05) is 24.3 Å². The zero-order valence-electron chi connectivity index (χ0n) is 10.3. The van der Waals surface area contributed by atoms with Crippen molar-refractivity contribution in [3.05, 3.63) is 29.3 Å². The van der Waals surface area contributed by atoms with Crippen LogP contribution in [0, 0.1) is 0 Å². The standard InChI is InChI=1S/C13H19ClN2O/c1-13(2)9-16(8-10(7-15)17-13)12-6-4-3-5-11(12)14/h3-6,10H,7-9,15H2,1-2H3. The van der Waals surface area contributed by atoms with E-state index in [-0.39, 0.29) is 11.7 Å². The van der Waals surface area contributed by atoms with Gasteiger partial charge in [-0.2, -0.15) is 0 Å². The summed E-state index contributed by atoms with van der Waals surface area (Å²) in [5.41, 5.74) is 6.58. The molecule has 1 aliphatic rings. The van der Waals surface area contributed by atoms with Crippen molar-refractivity contribution in [2.75, 3.05) is 24.5 Å². The summed E-state index contributed by atoms with van der Waals surface area (Å²) in [5.74, 6) is 0. The summed E-state index contributed by atoms with van der Waals surface area (Å²) in [4.78, 5) is 2.25. The van der Waals surface area contributed by atoms with Gasteiger partial charge in [0, 0.05) is 19.6 Å². The lowest BCUT2D eigenvalue weighted by Gasteiger charge is -2.43. The van der Waals surface area contributed by atoms with Crippen LogP contribution in [0.3, 0.4) is 0 Å². The molecule has 17 heavy (non-hydrogen) atoms. The number of anilines is 1. The van der Waals surface area contributed by atoms with Crippen LogP contribution in [-0.4, -0.2) is 31.3 Å². The molecule has 1 aromatic carbocycles. The average molecular weight is 255 g/mol. The number of nitrogens with two attached hydrogens (primary N) is 1. The number of nitrogens with zero attached hydrogens (tertiary/aromatic N) is 1. The predicted molar refractivity (Wildman–Crippen MR) is 71.7 cm³/mol. The van der Waals surface area contributed by atoms with Gasteiger partial charge in [0.1, 0.15) is 0 Å². The average Bonchev–Trinajstić information content (AvgIpc) is 2.27. The Morgan fingerprint density at radius 1 is 1.47 bits per heavy atom. The van der Waals surface area contributed by atoms with Crippen LogP contribution in [0.15, 0.2) is 24.3 Å². The quantitative estimate of drug-likeness (QED) is 0.880. The summed E-state index contributed by atoms with van der Waals surface area (Å²) >= 11 is 6.23. The molecule has 0 spiro atoms. The third-order valence-electron chi connectivity index (χ3n) is 2.94. The SMILES string of the molecule is CC1(C)CN(c2ccccc2Cl)CC(CN)O1. The van der Waals surface area contributed by atoms with Crippen molar-refractivity contribution in [1.82, 2.24) is 0 Å². The molecular weight excluding hydrogens is 236 g/mol. The molecule has 0 saturated carbocycles. The van der Waals surface area contributed by atoms with Gasteiger partial charge in [0.15, 0.2) is 0 Å². The van der Waals surface area contributed by atoms with Crippen LogP contribution in [0.1, 0.15) is 13.8 Å². The minimum Gasteiger partial charge on any atom is -0.367 e. The van der Waals surface area contributed by atoms with Gasteiger partial charge in [0.25, 0.3) is 0 Å². The van der Waals surface area contributed by atoms with E-state index >= 15 is 0 Å². The molecule has 1 heterocycles. The van der Waals surface area contributed by atoms with E-state index in [0.717, 1.165) is 23.8 Å². The Kier molecular flexibility index (Phi) is 3.61. The van der Waals surface area contributed by atoms with Gasteiger partial charge in [-0.15, -0.1) is 0 Å². The third-order valence-corrected chi connectivity index (χ3v) is 3.26. The maximum absolute atomic E-state index is 6.23. The van der Waals surface area contributed by atoms with Crippen LogP contribution in [0.4, 0.5) is 5.69 Å². The Bertz CT molecular complexity index is 395. The van der Waals surface area contributed by atoms with Crippen molar-refractivity contribution in [3.8, 4) is 0 Å². The predicted octanol–water partition coefficient (Wildman–Crippen LogP) is 2.28. The first-order valence-corrected chi connectivity index (χ1v) is 6.27. The van der Waals surface area contributed by atoms with Crippen LogP contribution < -0.4 is 10.6 Å². The van der Waals surface area contributed by atoms with Crippen LogP contribution in [-0.2, 0) is 4.74 Å². The van der Waals surface area contributed by atoms with E-state index in [4.69, 9.17) is 22.1 Å². The maximum atomic E-state index is 6.23. The van der Waals surface area contributed by atoms with Crippen LogP contribution in [0.5, 0.6) is 0 Å². The second-order valence-electron chi connectivity index (χ2n) is 5.07. The van der Waals surface area contributed by atoms with E-state index in [0.29, 0.717) is 6.54 Å². The van der Waals surface area contributed by atoms with E-state index in [1.54, 1.807) is 0 Å². The number of halogens is 1. The molecular formula is C13H19ClN2O. The van der Waals surface area contributed by atoms with Gasteiger partial charge in [-0.1, -0.05) is 23.7 Å². The zero-order valence-corrected chi connectivity index (χ0v) is 11.1. The molecule has 0 amide bonds. The van der Waals surface area contributed by atoms with Gasteiger partial charge < -0.3 is 15.4 Å². The number of para-hydroxylation sites is 1. The first-order chi connectivity index (χ1) is 8.02. The Labute approximate surface area is 107 Å². The van der Waals surface area contributed by atoms with Gasteiger partial charge in [0.05, 0.1) is 22.4 Å². The largest absolute Gasteiger partial charge is 0.367 e. The molecule has 1 aromatic rings. The van der Waals surface area contributed by atoms with Gasteiger partial charge in [-0.3, -0.25) is 0 Å². The summed E-state index contributed by atoms with van der Waals surface area (Å²) in [6, 6.07) is 7.90. The molecule has 1 fully saturated rings. The van der Waals surface area contributed by atoms with Crippen molar-refractivity contribution in [3.63, 3.8) is 0 Å². The summed E-state index contributed by atoms with van der Waals surface area (Å²) in [6.45, 7) is 6.32. The molecule has 1 aliphatic heterocycles. The molecule has 3 nitrogen and oxygen atoms in total. The molecule has 1 saturated heterocycles. The van der Waals surface area contributed by atoms with Crippen molar-refractivity contribution in [2.45, 2.75) is 25.6 Å². The van der Waals surface area contributed by atoms with Gasteiger partial charge in [-0.05, 0) is 26.0 Å². The van der Waals surface area contributed by atoms with Gasteiger partial charge in [-0.25, -0.2) is 0 Å². The summed E-state index contributed by atoms with van der Waals surface area (Å²) < 4.78 is 5.90. The minimum atomic E-state index is -0.193. The summed E-state index contributed by atoms with van der Waals surface area (Å²) in [7, 11) is 0. The topological polar surface area (TPSA) is 38.5 Å². The molecule has 1 atom stereocenters. The smallest absolute Gasteiger partial charge is 0.0879 e. The van der Waals surface area contributed by atoms with Crippen LogP contribution in [0.2, 0.25) is 5.02 Å². The van der Waals surface area contributed by atoms with E-state index in [2.05, 4.69) is 18.7 Å². The molecule has 0 aliphatic carbocycles. The normalized spacial score (nSPS) is 23.8. The molecule has 2 N–H and O–H groups in total. The molecule has 1 unspecified atom stereocenters. The zero-order chi connectivity index (χ0) is 12.5. The first-order valence-electron chi connectivity index (χ1n) is 5.89. The lowest BCUT2D eigenvalue weighted by Crippen LogP contribution is -2.55. The fraction of sp³-hybridized carbons (Fsp3) is 0.538. The number of hydrogen-bond acceptors (Lipinski definition) is 3. The Hall–Kier alpha value is -0.770. The third kappa shape index (κ3) is 2.92. The second kappa shape index (κ2) is 4.84. The van der Waals surface area contributed by atoms with Crippen LogP contribution >= 0.6 is 11.6 Å². The lowest BCUT2D eigenvalue weighted by molar-refractivity contribution is -0.0788. The minimum absolute atomic E-state index is 0.0648. The number of rotatable bonds is 2. The summed E-state index contributed by atoms with van der Waals surface area (Å²) in [6.07, 6.45) is 0.0648. The van der Waals surface area contributed by atoms with Gasteiger partial charge in [0.2, 0.25) is 0 Å². The van der Waals surface area contributed by atoms with Crippen LogP contribution in [0.25, 0.3) is 0 Å².